The minimum absolute atomic E-state index is 0.0914. The van der Waals surface area contributed by atoms with Crippen molar-refractivity contribution < 1.29 is 43.3 Å². The topological polar surface area (TPSA) is 133 Å². The zero-order valence-corrected chi connectivity index (χ0v) is 21.0. The third-order valence-corrected chi connectivity index (χ3v) is 5.31. The fraction of sp³-hybridized carbons (Fsp3) is 1.00. The second kappa shape index (κ2) is 16.4. The summed E-state index contributed by atoms with van der Waals surface area (Å²) in [5.41, 5.74) is 0. The van der Waals surface area contributed by atoms with Crippen molar-refractivity contribution in [3.63, 3.8) is 0 Å². The smallest absolute Gasteiger partial charge is 0.217 e. The van der Waals surface area contributed by atoms with Gasteiger partial charge in [0.05, 0.1) is 67.6 Å². The van der Waals surface area contributed by atoms with Crippen molar-refractivity contribution in [1.82, 2.24) is 0 Å². The lowest BCUT2D eigenvalue weighted by atomic mass is 10.2. The molecule has 0 amide bonds. The summed E-state index contributed by atoms with van der Waals surface area (Å²) in [5, 5.41) is 0. The van der Waals surface area contributed by atoms with Gasteiger partial charge in [0.2, 0.25) is 20.8 Å². The quantitative estimate of drug-likeness (QED) is 0.182. The van der Waals surface area contributed by atoms with Crippen LogP contribution >= 0.6 is 0 Å². The van der Waals surface area contributed by atoms with Crippen molar-refractivity contribution in [3.8, 4) is 0 Å². The molecule has 0 aliphatic rings. The molecule has 0 saturated carbocycles. The van der Waals surface area contributed by atoms with Crippen LogP contribution in [0.5, 0.6) is 0 Å². The van der Waals surface area contributed by atoms with Crippen LogP contribution in [0.15, 0.2) is 0 Å². The van der Waals surface area contributed by atoms with Gasteiger partial charge in [0.25, 0.3) is 0 Å². The molecule has 0 atom stereocenters. The molecule has 0 radical (unpaired) electrons. The molecule has 0 bridgehead atoms. The van der Waals surface area contributed by atoms with Crippen LogP contribution in [-0.2, 0) is 29.2 Å². The van der Waals surface area contributed by atoms with Crippen LogP contribution in [0.25, 0.3) is 0 Å². The lowest BCUT2D eigenvalue weighted by Crippen LogP contribution is -2.41. The Balaban J connectivity index is -0.000000402. The van der Waals surface area contributed by atoms with E-state index in [4.69, 9.17) is 0 Å². The summed E-state index contributed by atoms with van der Waals surface area (Å²) >= 11 is 0. The Morgan fingerprint density at radius 2 is 0.897 bits per heavy atom. The molecule has 0 saturated heterocycles. The highest BCUT2D eigenvalue weighted by atomic mass is 32.3. The largest absolute Gasteiger partial charge is 0.726 e. The molecule has 0 fully saturated rings. The number of nitrogens with zero attached hydrogens (tertiary/aromatic N) is 2. The van der Waals surface area contributed by atoms with Crippen molar-refractivity contribution in [2.75, 3.05) is 67.6 Å². The maximum absolute atomic E-state index is 9.45. The summed E-state index contributed by atoms with van der Waals surface area (Å²) in [4.78, 5) is 0. The van der Waals surface area contributed by atoms with E-state index in [-0.39, 0.29) is 13.2 Å². The average molecular weight is 467 g/mol. The second-order valence-electron chi connectivity index (χ2n) is 7.64. The van der Waals surface area contributed by atoms with Gasteiger partial charge in [-0.3, -0.25) is 8.37 Å². The Morgan fingerprint density at radius 1 is 0.621 bits per heavy atom. The third-order valence-electron chi connectivity index (χ3n) is 4.26. The Morgan fingerprint density at radius 3 is 1.03 bits per heavy atom. The van der Waals surface area contributed by atoms with E-state index in [1.165, 1.54) is 68.3 Å². The van der Waals surface area contributed by atoms with Gasteiger partial charge in [0, 0.05) is 0 Å². The van der Waals surface area contributed by atoms with Crippen molar-refractivity contribution in [1.29, 1.82) is 0 Å². The van der Waals surface area contributed by atoms with Crippen LogP contribution < -0.4 is 0 Å². The Hall–Kier alpha value is -0.340. The van der Waals surface area contributed by atoms with E-state index in [2.05, 4.69) is 50.4 Å². The average Bonchev–Trinajstić information content (AvgIpc) is 2.53. The molecule has 0 aliphatic heterocycles. The second-order valence-corrected chi connectivity index (χ2v) is 9.75. The van der Waals surface area contributed by atoms with Gasteiger partial charge in [-0.25, -0.2) is 16.8 Å². The van der Waals surface area contributed by atoms with E-state index in [0.29, 0.717) is 0 Å². The number of quaternary nitrogens is 2. The predicted molar refractivity (Wildman–Crippen MR) is 112 cm³/mol. The van der Waals surface area contributed by atoms with Gasteiger partial charge in [0.15, 0.2) is 0 Å². The summed E-state index contributed by atoms with van der Waals surface area (Å²) < 4.78 is 66.4. The Labute approximate surface area is 178 Å². The van der Waals surface area contributed by atoms with Gasteiger partial charge in [-0.15, -0.1) is 0 Å². The zero-order chi connectivity index (χ0) is 23.8. The molecule has 0 N–H and O–H groups in total. The number of hydrogen-bond donors (Lipinski definition) is 0. The van der Waals surface area contributed by atoms with Gasteiger partial charge in [0.1, 0.15) is 0 Å². The molecule has 0 unspecified atom stereocenters. The first kappa shape index (κ1) is 33.3. The van der Waals surface area contributed by atoms with Gasteiger partial charge in [-0.05, 0) is 47.0 Å². The minimum Gasteiger partial charge on any atom is -0.726 e. The Bertz CT molecular complexity index is 539. The van der Waals surface area contributed by atoms with E-state index in [1.807, 2.05) is 0 Å². The molecule has 12 heteroatoms. The van der Waals surface area contributed by atoms with Crippen LogP contribution in [-0.4, -0.2) is 102 Å². The van der Waals surface area contributed by atoms with Crippen LogP contribution in [0.1, 0.15) is 47.0 Å². The lowest BCUT2D eigenvalue weighted by Gasteiger charge is -2.29. The monoisotopic (exact) mass is 466 g/mol. The molecule has 0 aromatic rings. The molecular weight excluding hydrogens is 424 g/mol. The van der Waals surface area contributed by atoms with Crippen LogP contribution in [0.4, 0.5) is 0 Å². The van der Waals surface area contributed by atoms with E-state index in [9.17, 15) is 25.9 Å². The first-order chi connectivity index (χ1) is 12.9. The fourth-order valence-electron chi connectivity index (χ4n) is 1.86. The Kier molecular flexibility index (Phi) is 18.8. The molecule has 10 nitrogen and oxygen atoms in total. The first-order valence-corrected chi connectivity index (χ1v) is 12.5. The predicted octanol–water partition coefficient (Wildman–Crippen LogP) is 1.32. The highest BCUT2D eigenvalue weighted by molar-refractivity contribution is 7.81. The van der Waals surface area contributed by atoms with Crippen molar-refractivity contribution >= 4 is 20.8 Å². The van der Waals surface area contributed by atoms with E-state index < -0.39 is 20.8 Å². The maximum Gasteiger partial charge on any atom is 0.217 e. The van der Waals surface area contributed by atoms with Crippen molar-refractivity contribution in [2.45, 2.75) is 47.0 Å². The fourth-order valence-corrected chi connectivity index (χ4v) is 2.44. The highest BCUT2D eigenvalue weighted by Crippen LogP contribution is 2.06. The van der Waals surface area contributed by atoms with Gasteiger partial charge in [-0.1, -0.05) is 0 Å². The summed E-state index contributed by atoms with van der Waals surface area (Å²) in [6.07, 6.45) is 4.15. The number of hydrogen-bond acceptors (Lipinski definition) is 8. The van der Waals surface area contributed by atoms with E-state index in [0.717, 1.165) is 0 Å². The van der Waals surface area contributed by atoms with Crippen molar-refractivity contribution in [3.05, 3.63) is 0 Å². The highest BCUT2D eigenvalue weighted by Gasteiger charge is 2.13. The van der Waals surface area contributed by atoms with Crippen LogP contribution in [0, 0.1) is 0 Å². The van der Waals surface area contributed by atoms with Crippen LogP contribution in [0.2, 0.25) is 0 Å². The molecule has 180 valence electrons. The minimum atomic E-state index is -4.42. The molecule has 29 heavy (non-hydrogen) atoms. The third kappa shape index (κ3) is 32.5. The number of rotatable bonds is 12. The molecule has 0 aliphatic carbocycles. The van der Waals surface area contributed by atoms with Crippen LogP contribution in [0.3, 0.4) is 0 Å². The van der Waals surface area contributed by atoms with Crippen molar-refractivity contribution in [2.24, 2.45) is 0 Å². The number of unbranched alkanes of at least 4 members (excludes halogenated alkanes) is 2. The molecule has 0 aromatic carbocycles. The lowest BCUT2D eigenvalue weighted by molar-refractivity contribution is -0.890. The molecule has 0 spiro atoms. The van der Waals surface area contributed by atoms with Gasteiger partial charge < -0.3 is 18.1 Å². The molecule has 0 aromatic heterocycles. The summed E-state index contributed by atoms with van der Waals surface area (Å²) in [6.45, 7) is 12.4. The summed E-state index contributed by atoms with van der Waals surface area (Å²) in [5.74, 6) is 0. The van der Waals surface area contributed by atoms with E-state index in [1.54, 1.807) is 0 Å². The molecule has 0 heterocycles. The summed E-state index contributed by atoms with van der Waals surface area (Å²) in [7, 11) is 0.453. The summed E-state index contributed by atoms with van der Waals surface area (Å²) in [6, 6.07) is 0. The normalized spacial score (nSPS) is 12.5. The molecule has 0 rings (SSSR count). The first-order valence-electron chi connectivity index (χ1n) is 9.79. The van der Waals surface area contributed by atoms with Gasteiger partial charge >= 0.3 is 0 Å². The zero-order valence-electron chi connectivity index (χ0n) is 19.3. The molecular formula is C17H42N2O8S2. The van der Waals surface area contributed by atoms with Gasteiger partial charge in [-0.2, -0.15) is 0 Å². The SMILES string of the molecule is CCOS(=O)(=O)[O-].CCOS(=O)(=O)[O-].CC[N+](C)(C)CCCCC[N+](C)(C)CC. The maximum atomic E-state index is 9.45. The van der Waals surface area contributed by atoms with E-state index >= 15 is 0 Å². The standard InChI is InChI=1S/C13H32N2.2C2H6O4S/c1-7-14(3,4)12-10-9-11-13-15(5,6)8-2;2*1-2-6-7(3,4)5/h7-13H2,1-6H3;2*2H2,1H3,(H,3,4,5)/q+2;;/p-2.